The fourth-order valence-corrected chi connectivity index (χ4v) is 2.65. The van der Waals surface area contributed by atoms with Crippen molar-refractivity contribution in [2.45, 2.75) is 25.8 Å². The molecule has 0 bridgehead atoms. The summed E-state index contributed by atoms with van der Waals surface area (Å²) < 4.78 is 0. The first kappa shape index (κ1) is 16.3. The molecular weight excluding hydrogens is 283 g/mol. The Balaban J connectivity index is 0.00000180. The van der Waals surface area contributed by atoms with Crippen molar-refractivity contribution in [3.8, 4) is 0 Å². The summed E-state index contributed by atoms with van der Waals surface area (Å²) in [7, 11) is 0. The van der Waals surface area contributed by atoms with E-state index in [2.05, 4.69) is 0 Å². The monoisotopic (exact) mass is 302 g/mol. The fourth-order valence-electron chi connectivity index (χ4n) is 2.43. The predicted octanol–water partition coefficient (Wildman–Crippen LogP) is 2.96. The van der Waals surface area contributed by atoms with Crippen LogP contribution in [0.3, 0.4) is 0 Å². The molecule has 0 aromatic heterocycles. The molecule has 5 heteroatoms. The molecule has 1 aromatic rings. The Labute approximate surface area is 125 Å². The number of amides is 1. The van der Waals surface area contributed by atoms with Gasteiger partial charge in [-0.1, -0.05) is 23.7 Å². The van der Waals surface area contributed by atoms with Gasteiger partial charge in [-0.2, -0.15) is 0 Å². The average Bonchev–Trinajstić information content (AvgIpc) is 2.38. The summed E-state index contributed by atoms with van der Waals surface area (Å²) >= 11 is 6.05. The Morgan fingerprint density at radius 2 is 1.95 bits per heavy atom. The highest BCUT2D eigenvalue weighted by Crippen LogP contribution is 2.23. The van der Waals surface area contributed by atoms with E-state index in [-0.39, 0.29) is 24.4 Å². The topological polar surface area (TPSA) is 46.3 Å². The third-order valence-corrected chi connectivity index (χ3v) is 4.00. The Kier molecular flexibility index (Phi) is 6.11. The summed E-state index contributed by atoms with van der Waals surface area (Å²) in [6.45, 7) is 3.59. The number of halogens is 2. The predicted molar refractivity (Wildman–Crippen MR) is 81.0 cm³/mol. The number of nitrogens with zero attached hydrogens (tertiary/aromatic N) is 1. The number of hydrogen-bond acceptors (Lipinski definition) is 2. The van der Waals surface area contributed by atoms with Crippen LogP contribution in [0.1, 0.15) is 30.1 Å². The Morgan fingerprint density at radius 3 is 2.47 bits per heavy atom. The molecule has 2 N–H and O–H groups in total. The normalized spacial score (nSPS) is 17.7. The highest BCUT2D eigenvalue weighted by atomic mass is 35.5. The van der Waals surface area contributed by atoms with Crippen molar-refractivity contribution < 1.29 is 4.79 Å². The molecule has 1 amide bonds. The van der Waals surface area contributed by atoms with Gasteiger partial charge in [-0.3, -0.25) is 4.79 Å². The quantitative estimate of drug-likeness (QED) is 0.913. The van der Waals surface area contributed by atoms with E-state index in [1.807, 2.05) is 24.0 Å². The van der Waals surface area contributed by atoms with E-state index < -0.39 is 0 Å². The minimum absolute atomic E-state index is 0. The van der Waals surface area contributed by atoms with Crippen molar-refractivity contribution in [1.82, 2.24) is 4.90 Å². The molecule has 1 aromatic carbocycles. The van der Waals surface area contributed by atoms with E-state index in [1.54, 1.807) is 12.1 Å². The van der Waals surface area contributed by atoms with Gasteiger partial charge < -0.3 is 10.6 Å². The molecule has 1 heterocycles. The lowest BCUT2D eigenvalue weighted by molar-refractivity contribution is 0.0681. The maximum atomic E-state index is 12.3. The van der Waals surface area contributed by atoms with E-state index in [9.17, 15) is 4.79 Å². The fraction of sp³-hybridized carbons (Fsp3) is 0.500. The largest absolute Gasteiger partial charge is 0.339 e. The van der Waals surface area contributed by atoms with Crippen LogP contribution in [0.2, 0.25) is 5.02 Å². The third-order valence-electron chi connectivity index (χ3n) is 3.67. The van der Waals surface area contributed by atoms with E-state index in [1.165, 1.54) is 0 Å². The lowest BCUT2D eigenvalue weighted by atomic mass is 9.90. The molecule has 0 saturated carbocycles. The van der Waals surface area contributed by atoms with Crippen molar-refractivity contribution in [3.63, 3.8) is 0 Å². The van der Waals surface area contributed by atoms with Gasteiger partial charge >= 0.3 is 0 Å². The number of carbonyl (C=O) groups excluding carboxylic acids is 1. The van der Waals surface area contributed by atoms with Crippen molar-refractivity contribution in [1.29, 1.82) is 0 Å². The molecule has 1 saturated heterocycles. The molecule has 0 radical (unpaired) electrons. The second-order valence-electron chi connectivity index (χ2n) is 4.97. The van der Waals surface area contributed by atoms with Gasteiger partial charge in [-0.15, -0.1) is 12.4 Å². The number of nitrogens with two attached hydrogens (primary N) is 1. The Bertz CT molecular complexity index is 429. The summed E-state index contributed by atoms with van der Waals surface area (Å²) in [6, 6.07) is 7.42. The van der Waals surface area contributed by atoms with E-state index in [0.29, 0.717) is 16.5 Å². The molecule has 1 unspecified atom stereocenters. The maximum absolute atomic E-state index is 12.3. The number of piperidine rings is 1. The van der Waals surface area contributed by atoms with Crippen LogP contribution in [-0.2, 0) is 0 Å². The van der Waals surface area contributed by atoms with Crippen molar-refractivity contribution in [2.75, 3.05) is 13.1 Å². The number of benzene rings is 1. The summed E-state index contributed by atoms with van der Waals surface area (Å²) in [6.07, 6.45) is 1.96. The van der Waals surface area contributed by atoms with Crippen LogP contribution in [0.5, 0.6) is 0 Å². The zero-order valence-electron chi connectivity index (χ0n) is 11.0. The van der Waals surface area contributed by atoms with E-state index in [0.717, 1.165) is 25.9 Å². The summed E-state index contributed by atoms with van der Waals surface area (Å²) in [5, 5.41) is 0.525. The number of likely N-dealkylation sites (tertiary alicyclic amines) is 1. The lowest BCUT2D eigenvalue weighted by Gasteiger charge is -2.33. The molecule has 0 spiro atoms. The van der Waals surface area contributed by atoms with E-state index in [4.69, 9.17) is 17.3 Å². The molecular formula is C14H20Cl2N2O. The number of hydrogen-bond donors (Lipinski definition) is 1. The van der Waals surface area contributed by atoms with Gasteiger partial charge in [0, 0.05) is 19.1 Å². The SMILES string of the molecule is CC(N)C1CCN(C(=O)c2ccccc2Cl)CC1.Cl. The Hall–Kier alpha value is -0.770. The highest BCUT2D eigenvalue weighted by molar-refractivity contribution is 6.33. The number of rotatable bonds is 2. The van der Waals surface area contributed by atoms with Gasteiger partial charge in [0.15, 0.2) is 0 Å². The summed E-state index contributed by atoms with van der Waals surface area (Å²) in [5.74, 6) is 0.559. The molecule has 0 aliphatic carbocycles. The molecule has 3 nitrogen and oxygen atoms in total. The minimum atomic E-state index is 0. The lowest BCUT2D eigenvalue weighted by Crippen LogP contribution is -2.42. The van der Waals surface area contributed by atoms with Crippen LogP contribution >= 0.6 is 24.0 Å². The van der Waals surface area contributed by atoms with Crippen molar-refractivity contribution >= 4 is 29.9 Å². The highest BCUT2D eigenvalue weighted by Gasteiger charge is 2.26. The molecule has 2 rings (SSSR count). The second-order valence-corrected chi connectivity index (χ2v) is 5.38. The van der Waals surface area contributed by atoms with Crippen LogP contribution in [-0.4, -0.2) is 29.9 Å². The third kappa shape index (κ3) is 3.85. The molecule has 19 heavy (non-hydrogen) atoms. The average molecular weight is 303 g/mol. The molecule has 1 fully saturated rings. The van der Waals surface area contributed by atoms with Crippen LogP contribution in [0, 0.1) is 5.92 Å². The second kappa shape index (κ2) is 7.13. The first-order valence-electron chi connectivity index (χ1n) is 6.39. The molecule has 106 valence electrons. The van der Waals surface area contributed by atoms with Crippen molar-refractivity contribution in [3.05, 3.63) is 34.9 Å². The number of carbonyl (C=O) groups is 1. The smallest absolute Gasteiger partial charge is 0.255 e. The minimum Gasteiger partial charge on any atom is -0.339 e. The van der Waals surface area contributed by atoms with Gasteiger partial charge in [0.2, 0.25) is 0 Å². The van der Waals surface area contributed by atoms with Gasteiger partial charge in [0.25, 0.3) is 5.91 Å². The maximum Gasteiger partial charge on any atom is 0.255 e. The van der Waals surface area contributed by atoms with Gasteiger partial charge in [-0.25, -0.2) is 0 Å². The van der Waals surface area contributed by atoms with E-state index >= 15 is 0 Å². The van der Waals surface area contributed by atoms with Gasteiger partial charge in [0.1, 0.15) is 0 Å². The first-order chi connectivity index (χ1) is 8.59. The van der Waals surface area contributed by atoms with Crippen LogP contribution in [0.25, 0.3) is 0 Å². The Morgan fingerprint density at radius 1 is 1.37 bits per heavy atom. The van der Waals surface area contributed by atoms with Gasteiger partial charge in [-0.05, 0) is 37.8 Å². The molecule has 1 aliphatic heterocycles. The van der Waals surface area contributed by atoms with Crippen molar-refractivity contribution in [2.24, 2.45) is 11.7 Å². The first-order valence-corrected chi connectivity index (χ1v) is 6.76. The van der Waals surface area contributed by atoms with Crippen LogP contribution < -0.4 is 5.73 Å². The standard InChI is InChI=1S/C14H19ClN2O.ClH/c1-10(16)11-6-8-17(9-7-11)14(18)12-4-2-3-5-13(12)15;/h2-5,10-11H,6-9,16H2,1H3;1H. The van der Waals surface area contributed by atoms with Gasteiger partial charge in [0.05, 0.1) is 10.6 Å². The van der Waals surface area contributed by atoms with Crippen LogP contribution in [0.15, 0.2) is 24.3 Å². The summed E-state index contributed by atoms with van der Waals surface area (Å²) in [5.41, 5.74) is 6.50. The molecule has 1 atom stereocenters. The van der Waals surface area contributed by atoms with Crippen LogP contribution in [0.4, 0.5) is 0 Å². The zero-order valence-corrected chi connectivity index (χ0v) is 12.6. The zero-order chi connectivity index (χ0) is 13.1. The summed E-state index contributed by atoms with van der Waals surface area (Å²) in [4.78, 5) is 14.2. The molecule has 1 aliphatic rings.